The average molecular weight is 345 g/mol. The minimum atomic E-state index is -0.647. The number of thiazole rings is 1. The standard InChI is InChI=1S/C18H23N3O2S/c1-12(16(19)22)20-17(23)18(9-5-2-6-10-18)11-15-21-13-7-3-4-8-14(13)24-15/h3-4,7-8,12H,2,5-6,9-11H2,1H3,(H2,19,22)(H,20,23). The van der Waals surface area contributed by atoms with Gasteiger partial charge in [-0.25, -0.2) is 4.98 Å². The van der Waals surface area contributed by atoms with Gasteiger partial charge in [0.1, 0.15) is 6.04 Å². The van der Waals surface area contributed by atoms with Crippen LogP contribution in [0.2, 0.25) is 0 Å². The second kappa shape index (κ2) is 6.89. The number of hydrogen-bond donors (Lipinski definition) is 2. The Morgan fingerprint density at radius 1 is 1.29 bits per heavy atom. The predicted molar refractivity (Wildman–Crippen MR) is 95.6 cm³/mol. The van der Waals surface area contributed by atoms with Crippen LogP contribution in [-0.4, -0.2) is 22.8 Å². The van der Waals surface area contributed by atoms with Gasteiger partial charge in [-0.3, -0.25) is 9.59 Å². The largest absolute Gasteiger partial charge is 0.368 e. The molecule has 0 radical (unpaired) electrons. The van der Waals surface area contributed by atoms with Crippen molar-refractivity contribution in [2.75, 3.05) is 0 Å². The number of carbonyl (C=O) groups is 2. The summed E-state index contributed by atoms with van der Waals surface area (Å²) in [5, 5.41) is 3.79. The Bertz CT molecular complexity index is 717. The van der Waals surface area contributed by atoms with E-state index in [0.29, 0.717) is 6.42 Å². The van der Waals surface area contributed by atoms with Crippen molar-refractivity contribution in [3.05, 3.63) is 29.3 Å². The Labute approximate surface area is 145 Å². The van der Waals surface area contributed by atoms with E-state index in [1.165, 1.54) is 0 Å². The van der Waals surface area contributed by atoms with Crippen molar-refractivity contribution in [1.29, 1.82) is 0 Å². The first-order valence-electron chi connectivity index (χ1n) is 8.45. The number of fused-ring (bicyclic) bond motifs is 1. The van der Waals surface area contributed by atoms with Gasteiger partial charge in [-0.15, -0.1) is 11.3 Å². The number of aromatic nitrogens is 1. The first-order chi connectivity index (χ1) is 11.5. The minimum Gasteiger partial charge on any atom is -0.368 e. The Morgan fingerprint density at radius 3 is 2.67 bits per heavy atom. The molecule has 2 aromatic rings. The molecule has 0 aliphatic heterocycles. The van der Waals surface area contributed by atoms with E-state index in [1.54, 1.807) is 18.3 Å². The number of nitrogens with one attached hydrogen (secondary N) is 1. The van der Waals surface area contributed by atoms with Crippen LogP contribution < -0.4 is 11.1 Å². The highest BCUT2D eigenvalue weighted by atomic mass is 32.1. The molecular formula is C18H23N3O2S. The van der Waals surface area contributed by atoms with Crippen molar-refractivity contribution < 1.29 is 9.59 Å². The van der Waals surface area contributed by atoms with Gasteiger partial charge in [0.15, 0.2) is 0 Å². The van der Waals surface area contributed by atoms with Gasteiger partial charge < -0.3 is 11.1 Å². The van der Waals surface area contributed by atoms with Crippen molar-refractivity contribution in [2.24, 2.45) is 11.1 Å². The van der Waals surface area contributed by atoms with E-state index in [4.69, 9.17) is 10.7 Å². The lowest BCUT2D eigenvalue weighted by Gasteiger charge is -2.36. The molecule has 1 aliphatic carbocycles. The molecule has 128 valence electrons. The second-order valence-corrected chi connectivity index (χ2v) is 7.81. The summed E-state index contributed by atoms with van der Waals surface area (Å²) in [6.45, 7) is 1.63. The van der Waals surface area contributed by atoms with Crippen LogP contribution in [0.5, 0.6) is 0 Å². The molecule has 5 nitrogen and oxygen atoms in total. The van der Waals surface area contributed by atoms with Crippen LogP contribution in [0.4, 0.5) is 0 Å². The zero-order valence-corrected chi connectivity index (χ0v) is 14.7. The van der Waals surface area contributed by atoms with Gasteiger partial charge in [-0.05, 0) is 31.9 Å². The van der Waals surface area contributed by atoms with Crippen molar-refractivity contribution in [2.45, 2.75) is 51.5 Å². The summed E-state index contributed by atoms with van der Waals surface area (Å²) in [5.41, 5.74) is 5.80. The van der Waals surface area contributed by atoms with Gasteiger partial charge in [0, 0.05) is 6.42 Å². The third-order valence-corrected chi connectivity index (χ3v) is 5.93. The fraction of sp³-hybridized carbons (Fsp3) is 0.500. The van der Waals surface area contributed by atoms with Crippen LogP contribution >= 0.6 is 11.3 Å². The molecule has 1 fully saturated rings. The maximum absolute atomic E-state index is 12.9. The van der Waals surface area contributed by atoms with E-state index in [2.05, 4.69) is 11.4 Å². The third-order valence-electron chi connectivity index (χ3n) is 4.89. The number of primary amides is 1. The molecule has 1 unspecified atom stereocenters. The van der Waals surface area contributed by atoms with E-state index < -0.39 is 17.4 Å². The lowest BCUT2D eigenvalue weighted by molar-refractivity contribution is -0.136. The number of rotatable bonds is 5. The summed E-state index contributed by atoms with van der Waals surface area (Å²) in [5.74, 6) is -0.568. The zero-order valence-electron chi connectivity index (χ0n) is 13.9. The zero-order chi connectivity index (χ0) is 17.2. The molecule has 24 heavy (non-hydrogen) atoms. The molecule has 2 amide bonds. The SMILES string of the molecule is CC(NC(=O)C1(Cc2nc3ccccc3s2)CCCCC1)C(N)=O. The van der Waals surface area contributed by atoms with E-state index in [9.17, 15) is 9.59 Å². The van der Waals surface area contributed by atoms with Crippen LogP contribution in [0.15, 0.2) is 24.3 Å². The number of benzene rings is 1. The monoisotopic (exact) mass is 345 g/mol. The summed E-state index contributed by atoms with van der Waals surface area (Å²) >= 11 is 1.65. The van der Waals surface area contributed by atoms with Gasteiger partial charge >= 0.3 is 0 Å². The van der Waals surface area contributed by atoms with Crippen LogP contribution in [0.3, 0.4) is 0 Å². The van der Waals surface area contributed by atoms with Crippen LogP contribution in [0.1, 0.15) is 44.0 Å². The molecular weight excluding hydrogens is 322 g/mol. The van der Waals surface area contributed by atoms with Crippen molar-refractivity contribution in [3.63, 3.8) is 0 Å². The predicted octanol–water partition coefficient (Wildman–Crippen LogP) is 2.78. The highest BCUT2D eigenvalue weighted by Gasteiger charge is 2.41. The molecule has 3 rings (SSSR count). The smallest absolute Gasteiger partial charge is 0.239 e. The Kier molecular flexibility index (Phi) is 4.85. The number of para-hydroxylation sites is 1. The number of nitrogens with zero attached hydrogens (tertiary/aromatic N) is 1. The first kappa shape index (κ1) is 16.9. The maximum Gasteiger partial charge on any atom is 0.239 e. The quantitative estimate of drug-likeness (QED) is 0.874. The van der Waals surface area contributed by atoms with Crippen molar-refractivity contribution in [1.82, 2.24) is 10.3 Å². The first-order valence-corrected chi connectivity index (χ1v) is 9.27. The van der Waals surface area contributed by atoms with Gasteiger partial charge in [-0.2, -0.15) is 0 Å². The second-order valence-electron chi connectivity index (χ2n) is 6.69. The number of amides is 2. The lowest BCUT2D eigenvalue weighted by Crippen LogP contribution is -2.50. The molecule has 1 aliphatic rings. The van der Waals surface area contributed by atoms with E-state index in [0.717, 1.165) is 47.3 Å². The number of carbonyl (C=O) groups excluding carboxylic acids is 2. The van der Waals surface area contributed by atoms with Crippen molar-refractivity contribution >= 4 is 33.4 Å². The Balaban J connectivity index is 1.85. The fourth-order valence-corrected chi connectivity index (χ4v) is 4.53. The molecule has 1 heterocycles. The average Bonchev–Trinajstić information content (AvgIpc) is 2.97. The third kappa shape index (κ3) is 3.43. The highest BCUT2D eigenvalue weighted by molar-refractivity contribution is 7.18. The van der Waals surface area contributed by atoms with Gasteiger partial charge in [-0.1, -0.05) is 31.4 Å². The fourth-order valence-electron chi connectivity index (χ4n) is 3.42. The number of nitrogens with two attached hydrogens (primary N) is 1. The molecule has 0 bridgehead atoms. The molecule has 0 saturated heterocycles. The summed E-state index contributed by atoms with van der Waals surface area (Å²) in [6.07, 6.45) is 5.51. The highest BCUT2D eigenvalue weighted by Crippen LogP contribution is 2.41. The van der Waals surface area contributed by atoms with Crippen LogP contribution in [0.25, 0.3) is 10.2 Å². The maximum atomic E-state index is 12.9. The Hall–Kier alpha value is -1.95. The minimum absolute atomic E-state index is 0.0623. The lowest BCUT2D eigenvalue weighted by atomic mass is 9.71. The molecule has 1 atom stereocenters. The Morgan fingerprint density at radius 2 is 2.00 bits per heavy atom. The summed E-state index contributed by atoms with van der Waals surface area (Å²) < 4.78 is 1.14. The van der Waals surface area contributed by atoms with Gasteiger partial charge in [0.25, 0.3) is 0 Å². The summed E-state index contributed by atoms with van der Waals surface area (Å²) in [6, 6.07) is 7.38. The van der Waals surface area contributed by atoms with Gasteiger partial charge in [0.05, 0.1) is 20.6 Å². The molecule has 0 spiro atoms. The van der Waals surface area contributed by atoms with Crippen LogP contribution in [-0.2, 0) is 16.0 Å². The topological polar surface area (TPSA) is 85.1 Å². The van der Waals surface area contributed by atoms with Crippen molar-refractivity contribution in [3.8, 4) is 0 Å². The van der Waals surface area contributed by atoms with Crippen LogP contribution in [0, 0.1) is 5.41 Å². The molecule has 1 aromatic heterocycles. The summed E-state index contributed by atoms with van der Waals surface area (Å²) in [7, 11) is 0. The molecule has 1 aromatic carbocycles. The normalized spacial score (nSPS) is 18.2. The van der Waals surface area contributed by atoms with E-state index in [-0.39, 0.29) is 5.91 Å². The van der Waals surface area contributed by atoms with E-state index >= 15 is 0 Å². The molecule has 3 N–H and O–H groups in total. The molecule has 6 heteroatoms. The van der Waals surface area contributed by atoms with E-state index in [1.807, 2.05) is 18.2 Å². The number of hydrogen-bond acceptors (Lipinski definition) is 4. The van der Waals surface area contributed by atoms with Gasteiger partial charge in [0.2, 0.25) is 11.8 Å². The summed E-state index contributed by atoms with van der Waals surface area (Å²) in [4.78, 5) is 28.9. The molecule has 1 saturated carbocycles.